The van der Waals surface area contributed by atoms with Crippen LogP contribution in [0.5, 0.6) is 46.0 Å². The van der Waals surface area contributed by atoms with Crippen LogP contribution < -0.4 is 4.74 Å². The molecule has 0 bridgehead atoms. The molecule has 0 atom stereocenters. The molecule has 0 saturated heterocycles. The summed E-state index contributed by atoms with van der Waals surface area (Å²) in [5.74, 6) is -0.988. The first kappa shape index (κ1) is 23.6. The van der Waals surface area contributed by atoms with Gasteiger partial charge in [0.15, 0.2) is 23.0 Å². The second kappa shape index (κ2) is 10.2. The van der Waals surface area contributed by atoms with Gasteiger partial charge in [0.25, 0.3) is 0 Å². The molecule has 0 aliphatic heterocycles. The minimum atomic E-state index is -0.472. The van der Waals surface area contributed by atoms with Gasteiger partial charge in [-0.2, -0.15) is 0 Å². The van der Waals surface area contributed by atoms with Crippen molar-refractivity contribution in [3.05, 3.63) is 95.1 Å². The lowest BCUT2D eigenvalue weighted by atomic mass is 10.0. The van der Waals surface area contributed by atoms with Crippen LogP contribution in [-0.2, 0) is 25.7 Å². The minimum absolute atomic E-state index is 0.00791. The number of aromatic hydroxyl groups is 6. The maximum atomic E-state index is 10.3. The predicted molar refractivity (Wildman–Crippen MR) is 131 cm³/mol. The first-order valence-electron chi connectivity index (χ1n) is 11.1. The van der Waals surface area contributed by atoms with Crippen LogP contribution in [0.1, 0.15) is 22.3 Å². The third kappa shape index (κ3) is 5.89. The van der Waals surface area contributed by atoms with E-state index in [4.69, 9.17) is 4.74 Å². The van der Waals surface area contributed by atoms with Crippen molar-refractivity contribution in [1.29, 1.82) is 0 Å². The molecule has 7 nitrogen and oxygen atoms in total. The number of benzene rings is 4. The highest BCUT2D eigenvalue weighted by atomic mass is 16.5. The Morgan fingerprint density at radius 1 is 0.486 bits per heavy atom. The number of ether oxygens (including phenoxy) is 1. The molecule has 4 aromatic carbocycles. The van der Waals surface area contributed by atoms with Crippen molar-refractivity contribution in [2.75, 3.05) is 0 Å². The number of rotatable bonds is 8. The highest BCUT2D eigenvalue weighted by Gasteiger charge is 2.16. The summed E-state index contributed by atoms with van der Waals surface area (Å²) in [5.41, 5.74) is 2.97. The van der Waals surface area contributed by atoms with E-state index >= 15 is 0 Å². The summed E-state index contributed by atoms with van der Waals surface area (Å²) >= 11 is 0. The normalized spacial score (nSPS) is 10.9. The Morgan fingerprint density at radius 2 is 1.09 bits per heavy atom. The fourth-order valence-corrected chi connectivity index (χ4v) is 3.86. The van der Waals surface area contributed by atoms with Gasteiger partial charge in [0.05, 0.1) is 0 Å². The molecule has 0 amide bonds. The Morgan fingerprint density at radius 3 is 1.71 bits per heavy atom. The van der Waals surface area contributed by atoms with Crippen LogP contribution in [0.3, 0.4) is 0 Å². The molecule has 4 aromatic rings. The second-order valence-corrected chi connectivity index (χ2v) is 8.35. The van der Waals surface area contributed by atoms with Gasteiger partial charge in [-0.3, -0.25) is 0 Å². The van der Waals surface area contributed by atoms with Gasteiger partial charge >= 0.3 is 0 Å². The Balaban J connectivity index is 1.53. The highest BCUT2D eigenvalue weighted by Crippen LogP contribution is 2.43. The SMILES string of the molecule is Oc1cccc(CCc2cc(O)c(O)c(Oc3cc(CCc4cccc(O)c4)c(O)cc3O)c2)c1. The largest absolute Gasteiger partial charge is 0.508 e. The van der Waals surface area contributed by atoms with Gasteiger partial charge in [-0.25, -0.2) is 0 Å². The molecule has 0 saturated carbocycles. The van der Waals surface area contributed by atoms with Crippen molar-refractivity contribution in [3.63, 3.8) is 0 Å². The van der Waals surface area contributed by atoms with Gasteiger partial charge < -0.3 is 35.4 Å². The lowest BCUT2D eigenvalue weighted by Gasteiger charge is -2.14. The molecule has 0 spiro atoms. The molecule has 0 fully saturated rings. The zero-order chi connectivity index (χ0) is 24.9. The first-order valence-corrected chi connectivity index (χ1v) is 11.1. The van der Waals surface area contributed by atoms with E-state index < -0.39 is 5.75 Å². The van der Waals surface area contributed by atoms with E-state index in [9.17, 15) is 30.6 Å². The van der Waals surface area contributed by atoms with Crippen LogP contribution in [0.4, 0.5) is 0 Å². The lowest BCUT2D eigenvalue weighted by molar-refractivity contribution is 0.359. The quantitative estimate of drug-likeness (QED) is 0.192. The lowest BCUT2D eigenvalue weighted by Crippen LogP contribution is -1.96. The van der Waals surface area contributed by atoms with Gasteiger partial charge in [-0.15, -0.1) is 0 Å². The fourth-order valence-electron chi connectivity index (χ4n) is 3.86. The smallest absolute Gasteiger partial charge is 0.201 e. The number of hydrogen-bond acceptors (Lipinski definition) is 7. The third-order valence-electron chi connectivity index (χ3n) is 5.70. The van der Waals surface area contributed by atoms with E-state index in [-0.39, 0.29) is 40.2 Å². The van der Waals surface area contributed by atoms with Crippen molar-refractivity contribution < 1.29 is 35.4 Å². The Labute approximate surface area is 202 Å². The summed E-state index contributed by atoms with van der Waals surface area (Å²) in [6.45, 7) is 0. The van der Waals surface area contributed by atoms with Crippen LogP contribution in [0, 0.1) is 0 Å². The summed E-state index contributed by atoms with van der Waals surface area (Å²) < 4.78 is 5.75. The van der Waals surface area contributed by atoms with E-state index in [0.717, 1.165) is 17.2 Å². The maximum absolute atomic E-state index is 10.3. The minimum Gasteiger partial charge on any atom is -0.508 e. The zero-order valence-electron chi connectivity index (χ0n) is 18.8. The molecule has 6 N–H and O–H groups in total. The molecule has 0 aromatic heterocycles. The maximum Gasteiger partial charge on any atom is 0.201 e. The molecule has 35 heavy (non-hydrogen) atoms. The Kier molecular flexibility index (Phi) is 6.87. The number of hydrogen-bond donors (Lipinski definition) is 6. The van der Waals surface area contributed by atoms with Gasteiger partial charge in [-0.1, -0.05) is 24.3 Å². The topological polar surface area (TPSA) is 131 Å². The zero-order valence-corrected chi connectivity index (χ0v) is 18.8. The fraction of sp³-hybridized carbons (Fsp3) is 0.143. The molecule has 0 radical (unpaired) electrons. The van der Waals surface area contributed by atoms with E-state index in [1.165, 1.54) is 12.1 Å². The van der Waals surface area contributed by atoms with E-state index in [0.29, 0.717) is 36.8 Å². The molecule has 0 unspecified atom stereocenters. The van der Waals surface area contributed by atoms with E-state index in [1.54, 1.807) is 42.5 Å². The van der Waals surface area contributed by atoms with Crippen LogP contribution in [0.25, 0.3) is 0 Å². The van der Waals surface area contributed by atoms with Crippen molar-refractivity contribution in [2.24, 2.45) is 0 Å². The van der Waals surface area contributed by atoms with Gasteiger partial charge in [0.1, 0.15) is 17.2 Å². The van der Waals surface area contributed by atoms with Gasteiger partial charge in [0, 0.05) is 6.07 Å². The monoisotopic (exact) mass is 474 g/mol. The molecule has 0 aliphatic carbocycles. The Hall–Kier alpha value is -4.52. The third-order valence-corrected chi connectivity index (χ3v) is 5.70. The van der Waals surface area contributed by atoms with Crippen molar-refractivity contribution in [2.45, 2.75) is 25.7 Å². The van der Waals surface area contributed by atoms with Gasteiger partial charge in [-0.05, 0) is 90.4 Å². The summed E-state index contributed by atoms with van der Waals surface area (Å²) in [6.07, 6.45) is 2.03. The van der Waals surface area contributed by atoms with Crippen molar-refractivity contribution in [1.82, 2.24) is 0 Å². The Bertz CT molecular complexity index is 1350. The predicted octanol–water partition coefficient (Wildman–Crippen LogP) is 5.28. The summed E-state index contributed by atoms with van der Waals surface area (Å²) in [6, 6.07) is 19.3. The van der Waals surface area contributed by atoms with Crippen LogP contribution in [-0.4, -0.2) is 30.6 Å². The molecule has 0 aliphatic rings. The average molecular weight is 475 g/mol. The van der Waals surface area contributed by atoms with Crippen LogP contribution in [0.15, 0.2) is 72.8 Å². The van der Waals surface area contributed by atoms with Crippen molar-refractivity contribution >= 4 is 0 Å². The number of phenols is 6. The summed E-state index contributed by atoms with van der Waals surface area (Å²) in [5, 5.41) is 60.4. The molecule has 4 rings (SSSR count). The highest BCUT2D eigenvalue weighted by molar-refractivity contribution is 5.56. The van der Waals surface area contributed by atoms with Crippen LogP contribution >= 0.6 is 0 Å². The summed E-state index contributed by atoms with van der Waals surface area (Å²) in [7, 11) is 0. The number of phenolic OH excluding ortho intramolecular Hbond substituents is 6. The van der Waals surface area contributed by atoms with E-state index in [2.05, 4.69) is 0 Å². The second-order valence-electron chi connectivity index (χ2n) is 8.35. The van der Waals surface area contributed by atoms with Crippen LogP contribution in [0.2, 0.25) is 0 Å². The van der Waals surface area contributed by atoms with E-state index in [1.807, 2.05) is 12.1 Å². The molecular weight excluding hydrogens is 448 g/mol. The number of aryl methyl sites for hydroxylation is 4. The standard InChI is InChI=1S/C28H26O7/c29-21-5-1-3-17(11-21)7-8-19-13-25(33)28(34)27(14-19)35-26-15-20(23(31)16-24(26)32)10-9-18-4-2-6-22(30)12-18/h1-6,11-16,29-34H,7-10H2. The molecule has 0 heterocycles. The molecule has 7 heteroatoms. The molecule has 180 valence electrons. The average Bonchev–Trinajstić information content (AvgIpc) is 2.81. The summed E-state index contributed by atoms with van der Waals surface area (Å²) in [4.78, 5) is 0. The van der Waals surface area contributed by atoms with Gasteiger partial charge in [0.2, 0.25) is 5.75 Å². The first-order chi connectivity index (χ1) is 16.8. The van der Waals surface area contributed by atoms with Crippen molar-refractivity contribution in [3.8, 4) is 46.0 Å². The molecular formula is C28H26O7.